The zero-order chi connectivity index (χ0) is 8.81. The highest BCUT2D eigenvalue weighted by Gasteiger charge is 1.85. The fraction of sp³-hybridized carbons (Fsp3) is 0.182. The monoisotopic (exact) mass is 159 g/mol. The second-order valence-corrected chi connectivity index (χ2v) is 2.69. The molecular formula is C11H13N. The second kappa shape index (κ2) is 4.50. The van der Waals surface area contributed by atoms with Crippen LogP contribution in [0.4, 0.5) is 0 Å². The number of hydrogen-bond donors (Lipinski definition) is 0. The Morgan fingerprint density at radius 3 is 2.58 bits per heavy atom. The Kier molecular flexibility index (Phi) is 3.27. The highest BCUT2D eigenvalue weighted by Crippen LogP contribution is 1.99. The lowest BCUT2D eigenvalue weighted by atomic mass is 10.2. The minimum atomic E-state index is 0.688. The highest BCUT2D eigenvalue weighted by atomic mass is 14.7. The van der Waals surface area contributed by atoms with Crippen LogP contribution >= 0.6 is 0 Å². The van der Waals surface area contributed by atoms with Crippen LogP contribution in [0.25, 0.3) is 0 Å². The Hall–Kier alpha value is -1.37. The van der Waals surface area contributed by atoms with E-state index < -0.39 is 0 Å². The van der Waals surface area contributed by atoms with Crippen molar-refractivity contribution in [1.29, 1.82) is 0 Å². The second-order valence-electron chi connectivity index (χ2n) is 2.69. The van der Waals surface area contributed by atoms with Gasteiger partial charge in [0.1, 0.15) is 0 Å². The van der Waals surface area contributed by atoms with Crippen LogP contribution in [-0.4, -0.2) is 12.8 Å². The van der Waals surface area contributed by atoms with Crippen LogP contribution in [0.1, 0.15) is 11.1 Å². The quantitative estimate of drug-likeness (QED) is 0.475. The smallest absolute Gasteiger partial charge is 0.0567 e. The summed E-state index contributed by atoms with van der Waals surface area (Å²) in [6, 6.07) is 8.27. The van der Waals surface area contributed by atoms with Crippen molar-refractivity contribution in [1.82, 2.24) is 0 Å². The summed E-state index contributed by atoms with van der Waals surface area (Å²) >= 11 is 0. The fourth-order valence-electron chi connectivity index (χ4n) is 0.885. The summed E-state index contributed by atoms with van der Waals surface area (Å²) in [4.78, 5) is 4.15. The molecule has 0 unspecified atom stereocenters. The minimum absolute atomic E-state index is 0.688. The van der Waals surface area contributed by atoms with Gasteiger partial charge in [0, 0.05) is 6.21 Å². The molecule has 1 aromatic rings. The van der Waals surface area contributed by atoms with E-state index in [-0.39, 0.29) is 0 Å². The first-order valence-corrected chi connectivity index (χ1v) is 4.00. The van der Waals surface area contributed by atoms with Gasteiger partial charge in [-0.05, 0) is 12.5 Å². The summed E-state index contributed by atoms with van der Waals surface area (Å²) in [5, 5.41) is 0. The van der Waals surface area contributed by atoms with Crippen LogP contribution in [0.5, 0.6) is 0 Å². The van der Waals surface area contributed by atoms with E-state index in [1.165, 1.54) is 5.56 Å². The van der Waals surface area contributed by atoms with Gasteiger partial charge in [-0.3, -0.25) is 4.99 Å². The lowest BCUT2D eigenvalue weighted by Crippen LogP contribution is -1.81. The maximum atomic E-state index is 4.15. The number of hydrogen-bond acceptors (Lipinski definition) is 1. The molecule has 0 radical (unpaired) electrons. The van der Waals surface area contributed by atoms with Crippen molar-refractivity contribution < 1.29 is 0 Å². The molecule has 1 heteroatoms. The Bertz CT molecular complexity index is 270. The average molecular weight is 159 g/mol. The Morgan fingerprint density at radius 2 is 2.00 bits per heavy atom. The molecule has 0 heterocycles. The van der Waals surface area contributed by atoms with Crippen molar-refractivity contribution in [2.24, 2.45) is 4.99 Å². The maximum absolute atomic E-state index is 4.15. The molecule has 0 aliphatic carbocycles. The largest absolute Gasteiger partial charge is 0.288 e. The summed E-state index contributed by atoms with van der Waals surface area (Å²) < 4.78 is 0. The third-order valence-electron chi connectivity index (χ3n) is 1.55. The van der Waals surface area contributed by atoms with Crippen LogP contribution in [0.3, 0.4) is 0 Å². The Morgan fingerprint density at radius 1 is 1.33 bits per heavy atom. The molecule has 0 amide bonds. The average Bonchev–Trinajstić information content (AvgIpc) is 2.09. The first-order chi connectivity index (χ1) is 5.83. The van der Waals surface area contributed by atoms with Gasteiger partial charge < -0.3 is 0 Å². The van der Waals surface area contributed by atoms with Crippen LogP contribution < -0.4 is 0 Å². The molecule has 0 N–H and O–H groups in total. The van der Waals surface area contributed by atoms with Gasteiger partial charge in [0.05, 0.1) is 6.54 Å². The molecule has 0 atom stereocenters. The van der Waals surface area contributed by atoms with Gasteiger partial charge in [-0.1, -0.05) is 35.9 Å². The van der Waals surface area contributed by atoms with Crippen molar-refractivity contribution >= 4 is 6.21 Å². The van der Waals surface area contributed by atoms with Gasteiger partial charge in [-0.2, -0.15) is 0 Å². The Labute approximate surface area is 73.5 Å². The minimum Gasteiger partial charge on any atom is -0.288 e. The van der Waals surface area contributed by atoms with Crippen LogP contribution in [0.2, 0.25) is 0 Å². The van der Waals surface area contributed by atoms with Crippen molar-refractivity contribution in [2.45, 2.75) is 6.92 Å². The van der Waals surface area contributed by atoms with Crippen LogP contribution in [0.15, 0.2) is 41.9 Å². The lowest BCUT2D eigenvalue weighted by molar-refractivity contribution is 1.26. The standard InChI is InChI=1S/C11H13N/c1-3-8-12-9-11-6-4-10(2)5-7-11/h3-7,9H,1,8H2,2H3. The molecule has 0 aliphatic heterocycles. The predicted molar refractivity (Wildman–Crippen MR) is 53.8 cm³/mol. The number of nitrogens with zero attached hydrogens (tertiary/aromatic N) is 1. The van der Waals surface area contributed by atoms with Gasteiger partial charge in [0.2, 0.25) is 0 Å². The van der Waals surface area contributed by atoms with Gasteiger partial charge in [-0.25, -0.2) is 0 Å². The summed E-state index contributed by atoms with van der Waals surface area (Å²) in [6.07, 6.45) is 3.64. The third-order valence-corrected chi connectivity index (χ3v) is 1.55. The molecule has 0 saturated carbocycles. The molecule has 1 rings (SSSR count). The molecule has 62 valence electrons. The summed E-state index contributed by atoms with van der Waals surface area (Å²) in [7, 11) is 0. The molecule has 0 saturated heterocycles. The first-order valence-electron chi connectivity index (χ1n) is 4.00. The van der Waals surface area contributed by atoms with Gasteiger partial charge in [0.15, 0.2) is 0 Å². The topological polar surface area (TPSA) is 12.4 Å². The van der Waals surface area contributed by atoms with E-state index in [1.807, 2.05) is 6.21 Å². The van der Waals surface area contributed by atoms with Crippen LogP contribution in [0, 0.1) is 6.92 Å². The van der Waals surface area contributed by atoms with Gasteiger partial charge >= 0.3 is 0 Å². The molecule has 0 fully saturated rings. The molecule has 0 spiro atoms. The van der Waals surface area contributed by atoms with E-state index in [9.17, 15) is 0 Å². The first kappa shape index (κ1) is 8.72. The van der Waals surface area contributed by atoms with E-state index >= 15 is 0 Å². The summed E-state index contributed by atoms with van der Waals surface area (Å²) in [5.41, 5.74) is 2.42. The van der Waals surface area contributed by atoms with Crippen molar-refractivity contribution in [2.75, 3.05) is 6.54 Å². The SMILES string of the molecule is C=CCN=Cc1ccc(C)cc1. The zero-order valence-electron chi connectivity index (χ0n) is 7.33. The Balaban J connectivity index is 2.64. The highest BCUT2D eigenvalue weighted by molar-refractivity contribution is 5.79. The van der Waals surface area contributed by atoms with Crippen molar-refractivity contribution in [3.8, 4) is 0 Å². The third kappa shape index (κ3) is 2.70. The number of benzene rings is 1. The number of aryl methyl sites for hydroxylation is 1. The van der Waals surface area contributed by atoms with E-state index in [0.29, 0.717) is 6.54 Å². The maximum Gasteiger partial charge on any atom is 0.0567 e. The van der Waals surface area contributed by atoms with Crippen molar-refractivity contribution in [3.63, 3.8) is 0 Å². The van der Waals surface area contributed by atoms with Crippen molar-refractivity contribution in [3.05, 3.63) is 48.0 Å². The predicted octanol–water partition coefficient (Wildman–Crippen LogP) is 2.60. The number of rotatable bonds is 3. The van der Waals surface area contributed by atoms with Crippen LogP contribution in [-0.2, 0) is 0 Å². The number of aliphatic imine (C=N–C) groups is 1. The molecule has 0 aliphatic rings. The normalized spacial score (nSPS) is 10.4. The van der Waals surface area contributed by atoms with E-state index in [2.05, 4.69) is 42.8 Å². The fourth-order valence-corrected chi connectivity index (χ4v) is 0.885. The van der Waals surface area contributed by atoms with E-state index in [0.717, 1.165) is 5.56 Å². The lowest BCUT2D eigenvalue weighted by Gasteiger charge is -1.92. The molecule has 0 bridgehead atoms. The molecular weight excluding hydrogens is 146 g/mol. The molecule has 12 heavy (non-hydrogen) atoms. The molecule has 0 aromatic heterocycles. The van der Waals surface area contributed by atoms with E-state index in [4.69, 9.17) is 0 Å². The molecule has 1 aromatic carbocycles. The molecule has 1 nitrogen and oxygen atoms in total. The van der Waals surface area contributed by atoms with Gasteiger partial charge in [-0.15, -0.1) is 6.58 Å². The van der Waals surface area contributed by atoms with Gasteiger partial charge in [0.25, 0.3) is 0 Å². The summed E-state index contributed by atoms with van der Waals surface area (Å²) in [5.74, 6) is 0. The zero-order valence-corrected chi connectivity index (χ0v) is 7.33. The van der Waals surface area contributed by atoms with E-state index in [1.54, 1.807) is 6.08 Å². The summed E-state index contributed by atoms with van der Waals surface area (Å²) in [6.45, 7) is 6.35.